The molecule has 0 bridgehead atoms. The van der Waals surface area contributed by atoms with Crippen LogP contribution in [0.25, 0.3) is 0 Å². The molecule has 0 unspecified atom stereocenters. The van der Waals surface area contributed by atoms with Crippen LogP contribution in [0.2, 0.25) is 0 Å². The Bertz CT molecular complexity index is 673. The molecule has 0 saturated heterocycles. The van der Waals surface area contributed by atoms with Gasteiger partial charge in [0.05, 0.1) is 17.2 Å². The predicted octanol–water partition coefficient (Wildman–Crippen LogP) is 2.63. The lowest BCUT2D eigenvalue weighted by molar-refractivity contribution is -0.130. The minimum absolute atomic E-state index is 0.0138. The lowest BCUT2D eigenvalue weighted by Crippen LogP contribution is -2.48. The van der Waals surface area contributed by atoms with E-state index in [0.29, 0.717) is 6.42 Å². The molecule has 0 aliphatic heterocycles. The van der Waals surface area contributed by atoms with E-state index in [-0.39, 0.29) is 11.7 Å². The minimum atomic E-state index is -1.12. The van der Waals surface area contributed by atoms with E-state index in [9.17, 15) is 9.90 Å². The molecule has 1 aliphatic carbocycles. The van der Waals surface area contributed by atoms with Gasteiger partial charge in [-0.25, -0.2) is 0 Å². The molecule has 0 saturated carbocycles. The Morgan fingerprint density at radius 2 is 2.05 bits per heavy atom. The van der Waals surface area contributed by atoms with Gasteiger partial charge in [0.25, 0.3) is 0 Å². The first-order valence-electron chi connectivity index (χ1n) is 7.14. The first kappa shape index (κ1) is 14.0. The number of fused-ring (bicyclic) bond motifs is 1. The van der Waals surface area contributed by atoms with Gasteiger partial charge in [0.2, 0.25) is 0 Å². The third kappa shape index (κ3) is 2.20. The smallest absolute Gasteiger partial charge is 0.137 e. The van der Waals surface area contributed by atoms with E-state index >= 15 is 0 Å². The number of ketones is 1. The summed E-state index contributed by atoms with van der Waals surface area (Å²) in [4.78, 5) is 12.2. The van der Waals surface area contributed by atoms with Crippen LogP contribution in [-0.4, -0.2) is 21.6 Å². The highest BCUT2D eigenvalue weighted by atomic mass is 16.5. The summed E-state index contributed by atoms with van der Waals surface area (Å²) in [6, 6.07) is 9.79. The van der Waals surface area contributed by atoms with Crippen molar-refractivity contribution in [1.82, 2.24) is 5.16 Å². The van der Waals surface area contributed by atoms with Gasteiger partial charge in [0.15, 0.2) is 0 Å². The lowest BCUT2D eigenvalue weighted by Gasteiger charge is -2.40. The molecule has 21 heavy (non-hydrogen) atoms. The van der Waals surface area contributed by atoms with Crippen LogP contribution < -0.4 is 0 Å². The van der Waals surface area contributed by atoms with Gasteiger partial charge in [-0.2, -0.15) is 0 Å². The maximum absolute atomic E-state index is 12.2. The van der Waals surface area contributed by atoms with E-state index in [2.05, 4.69) is 5.16 Å². The van der Waals surface area contributed by atoms with Crippen LogP contribution >= 0.6 is 0 Å². The van der Waals surface area contributed by atoms with Crippen LogP contribution in [0.5, 0.6) is 0 Å². The molecule has 2 aromatic rings. The summed E-state index contributed by atoms with van der Waals surface area (Å²) < 4.78 is 5.32. The van der Waals surface area contributed by atoms with Crippen molar-refractivity contribution in [3.8, 4) is 0 Å². The van der Waals surface area contributed by atoms with Gasteiger partial charge in [0.1, 0.15) is 11.5 Å². The molecule has 0 spiro atoms. The van der Waals surface area contributed by atoms with Gasteiger partial charge in [-0.15, -0.1) is 0 Å². The van der Waals surface area contributed by atoms with E-state index in [1.54, 1.807) is 13.8 Å². The zero-order valence-corrected chi connectivity index (χ0v) is 12.5. The fraction of sp³-hybridized carbons (Fsp3) is 0.412. The first-order valence-corrected chi connectivity index (χ1v) is 7.14. The monoisotopic (exact) mass is 285 g/mol. The molecule has 1 aromatic carbocycles. The summed E-state index contributed by atoms with van der Waals surface area (Å²) in [7, 11) is 0. The quantitative estimate of drug-likeness (QED) is 0.921. The highest BCUT2D eigenvalue weighted by molar-refractivity contribution is 5.82. The number of benzene rings is 1. The summed E-state index contributed by atoms with van der Waals surface area (Å²) in [5, 5.41) is 14.9. The Labute approximate surface area is 123 Å². The maximum atomic E-state index is 12.2. The van der Waals surface area contributed by atoms with Crippen molar-refractivity contribution in [2.24, 2.45) is 5.92 Å². The molecule has 1 heterocycles. The molecule has 3 atom stereocenters. The molecule has 4 nitrogen and oxygen atoms in total. The summed E-state index contributed by atoms with van der Waals surface area (Å²) in [6.45, 7) is 5.11. The van der Waals surface area contributed by atoms with Crippen molar-refractivity contribution < 1.29 is 14.4 Å². The van der Waals surface area contributed by atoms with Gasteiger partial charge in [-0.05, 0) is 26.3 Å². The number of carbonyl (C=O) groups is 1. The van der Waals surface area contributed by atoms with Crippen molar-refractivity contribution in [2.45, 2.75) is 38.7 Å². The van der Waals surface area contributed by atoms with E-state index in [0.717, 1.165) is 22.6 Å². The zero-order chi connectivity index (χ0) is 15.2. The number of carbonyl (C=O) groups excluding carboxylic acids is 1. The van der Waals surface area contributed by atoms with Crippen LogP contribution in [0.1, 0.15) is 42.3 Å². The average Bonchev–Trinajstić information content (AvgIpc) is 2.77. The molecule has 4 heteroatoms. The van der Waals surface area contributed by atoms with Crippen molar-refractivity contribution >= 4 is 5.78 Å². The Balaban J connectivity index is 2.24. The van der Waals surface area contributed by atoms with Crippen LogP contribution in [0, 0.1) is 12.8 Å². The Morgan fingerprint density at radius 1 is 1.38 bits per heavy atom. The minimum Gasteiger partial charge on any atom is -0.389 e. The number of Topliss-reactive ketones (excluding diaryl/α,β-unsaturated/α-hetero) is 1. The van der Waals surface area contributed by atoms with Crippen LogP contribution in [0.4, 0.5) is 0 Å². The first-order chi connectivity index (χ1) is 9.92. The van der Waals surface area contributed by atoms with Crippen molar-refractivity contribution in [3.63, 3.8) is 0 Å². The summed E-state index contributed by atoms with van der Waals surface area (Å²) >= 11 is 0. The normalized spacial score (nSPS) is 28.2. The standard InChI is InChI=1S/C17H19NO3/c1-10(19)16-15(12-7-5-4-6-8-12)14-11(2)21-18-13(14)9-17(16,3)20/h4-8,15-16,20H,9H2,1-3H3/t15-,16+,17+/m0/s1. The molecule has 1 aromatic heterocycles. The third-order valence-electron chi connectivity index (χ3n) is 4.42. The number of aliphatic hydroxyl groups is 1. The second kappa shape index (κ2) is 4.81. The number of nitrogens with zero attached hydrogens (tertiary/aromatic N) is 1. The second-order valence-electron chi connectivity index (χ2n) is 6.11. The van der Waals surface area contributed by atoms with E-state index in [1.807, 2.05) is 37.3 Å². The molecule has 0 amide bonds. The van der Waals surface area contributed by atoms with Crippen molar-refractivity contribution in [1.29, 1.82) is 0 Å². The third-order valence-corrected chi connectivity index (χ3v) is 4.42. The summed E-state index contributed by atoms with van der Waals surface area (Å²) in [6.07, 6.45) is 0.341. The predicted molar refractivity (Wildman–Crippen MR) is 78.0 cm³/mol. The summed E-state index contributed by atoms with van der Waals surface area (Å²) in [5.41, 5.74) is 1.59. The van der Waals surface area contributed by atoms with Crippen molar-refractivity contribution in [2.75, 3.05) is 0 Å². The van der Waals surface area contributed by atoms with Crippen molar-refractivity contribution in [3.05, 3.63) is 52.9 Å². The molecule has 0 fully saturated rings. The molecular weight excluding hydrogens is 266 g/mol. The molecule has 0 radical (unpaired) electrons. The average molecular weight is 285 g/mol. The topological polar surface area (TPSA) is 63.3 Å². The fourth-order valence-corrected chi connectivity index (χ4v) is 3.62. The van der Waals surface area contributed by atoms with Crippen LogP contribution in [-0.2, 0) is 11.2 Å². The van der Waals surface area contributed by atoms with Gasteiger partial charge in [-0.3, -0.25) is 4.79 Å². The van der Waals surface area contributed by atoms with Gasteiger partial charge in [-0.1, -0.05) is 35.5 Å². The number of rotatable bonds is 2. The summed E-state index contributed by atoms with van der Waals surface area (Å²) in [5.74, 6) is -0.0000869. The Hall–Kier alpha value is -1.94. The highest BCUT2D eigenvalue weighted by Gasteiger charge is 2.49. The fourth-order valence-electron chi connectivity index (χ4n) is 3.62. The lowest BCUT2D eigenvalue weighted by atomic mass is 9.64. The van der Waals surface area contributed by atoms with Crippen LogP contribution in [0.15, 0.2) is 34.9 Å². The van der Waals surface area contributed by atoms with Crippen LogP contribution in [0.3, 0.4) is 0 Å². The number of hydrogen-bond donors (Lipinski definition) is 1. The van der Waals surface area contributed by atoms with E-state index in [1.165, 1.54) is 0 Å². The zero-order valence-electron chi connectivity index (χ0n) is 12.5. The number of aromatic nitrogens is 1. The van der Waals surface area contributed by atoms with Gasteiger partial charge < -0.3 is 9.63 Å². The Morgan fingerprint density at radius 3 is 2.67 bits per heavy atom. The molecular formula is C17H19NO3. The second-order valence-corrected chi connectivity index (χ2v) is 6.11. The molecule has 1 N–H and O–H groups in total. The molecule has 110 valence electrons. The number of hydrogen-bond acceptors (Lipinski definition) is 4. The molecule has 3 rings (SSSR count). The highest BCUT2D eigenvalue weighted by Crippen LogP contribution is 2.46. The maximum Gasteiger partial charge on any atom is 0.137 e. The Kier molecular flexibility index (Phi) is 3.21. The largest absolute Gasteiger partial charge is 0.389 e. The van der Waals surface area contributed by atoms with E-state index in [4.69, 9.17) is 4.52 Å². The SMILES string of the molecule is CC(=O)[C@@H]1[C@@H](c2ccccc2)c2c(noc2C)C[C@@]1(C)O. The van der Waals surface area contributed by atoms with Gasteiger partial charge >= 0.3 is 0 Å². The van der Waals surface area contributed by atoms with E-state index < -0.39 is 11.5 Å². The molecule has 1 aliphatic rings. The number of aryl methyl sites for hydroxylation is 1. The van der Waals surface area contributed by atoms with Gasteiger partial charge in [0, 0.05) is 17.9 Å².